The number of likely N-dealkylation sites (tertiary alicyclic amines) is 1. The molecule has 198 valence electrons. The molecule has 3 rings (SSSR count). The number of benzene rings is 2. The number of hydrogen-bond donors (Lipinski definition) is 2. The summed E-state index contributed by atoms with van der Waals surface area (Å²) in [6.07, 6.45) is 3.24. The van der Waals surface area contributed by atoms with E-state index >= 15 is 0 Å². The minimum Gasteiger partial charge on any atom is -0.491 e. The van der Waals surface area contributed by atoms with Gasteiger partial charge in [0.05, 0.1) is 16.6 Å². The number of piperidine rings is 1. The molecule has 1 fully saturated rings. The third-order valence-electron chi connectivity index (χ3n) is 6.32. The molecule has 1 saturated heterocycles. The molecule has 3 N–H and O–H groups in total. The molecule has 0 amide bonds. The fourth-order valence-electron chi connectivity index (χ4n) is 4.13. The summed E-state index contributed by atoms with van der Waals surface area (Å²) in [5.74, 6) is 0.869. The van der Waals surface area contributed by atoms with Crippen LogP contribution >= 0.6 is 24.8 Å². The predicted octanol–water partition coefficient (Wildman–Crippen LogP) is 3.86. The Kier molecular flexibility index (Phi) is 12.3. The Morgan fingerprint density at radius 3 is 2.14 bits per heavy atom. The van der Waals surface area contributed by atoms with Gasteiger partial charge in [0.2, 0.25) is 10.0 Å². The second-order valence-electron chi connectivity index (χ2n) is 9.34. The Bertz CT molecular complexity index is 994. The second-order valence-corrected chi connectivity index (χ2v) is 10.9. The van der Waals surface area contributed by atoms with Crippen molar-refractivity contribution in [2.24, 2.45) is 5.14 Å². The van der Waals surface area contributed by atoms with Gasteiger partial charge in [0.15, 0.2) is 0 Å². The largest absolute Gasteiger partial charge is 0.491 e. The average Bonchev–Trinajstić information content (AvgIpc) is 2.77. The first-order valence-corrected chi connectivity index (χ1v) is 13.1. The maximum atomic E-state index is 11.4. The highest BCUT2D eigenvalue weighted by atomic mass is 35.5. The molecule has 10 heteroatoms. The van der Waals surface area contributed by atoms with Crippen LogP contribution in [0.15, 0.2) is 53.4 Å². The zero-order valence-corrected chi connectivity index (χ0v) is 23.2. The molecule has 0 unspecified atom stereocenters. The normalized spacial score (nSPS) is 15.7. The third kappa shape index (κ3) is 9.79. The fourth-order valence-corrected chi connectivity index (χ4v) is 4.65. The average molecular weight is 549 g/mol. The van der Waals surface area contributed by atoms with Crippen LogP contribution in [0.4, 0.5) is 5.69 Å². The van der Waals surface area contributed by atoms with E-state index in [4.69, 9.17) is 9.88 Å². The predicted molar refractivity (Wildman–Crippen MR) is 147 cm³/mol. The number of aliphatic hydroxyl groups is 1. The Morgan fingerprint density at radius 1 is 1.06 bits per heavy atom. The number of halogens is 2. The molecular weight excluding hydrogens is 509 g/mol. The van der Waals surface area contributed by atoms with Crippen molar-refractivity contribution >= 4 is 40.5 Å². The Labute approximate surface area is 222 Å². The topological polar surface area (TPSA) is 96.1 Å². The number of sulfonamides is 1. The molecule has 1 aliphatic heterocycles. The lowest BCUT2D eigenvalue weighted by molar-refractivity contribution is -0.0254. The molecule has 7 nitrogen and oxygen atoms in total. The Morgan fingerprint density at radius 2 is 1.63 bits per heavy atom. The first-order chi connectivity index (χ1) is 15.5. The highest BCUT2D eigenvalue weighted by Crippen LogP contribution is 2.27. The van der Waals surface area contributed by atoms with Crippen LogP contribution in [0, 0.1) is 0 Å². The van der Waals surface area contributed by atoms with Crippen molar-refractivity contribution in [1.82, 2.24) is 4.90 Å². The summed E-state index contributed by atoms with van der Waals surface area (Å²) in [5, 5.41) is 16.2. The molecule has 2 aromatic rings. The van der Waals surface area contributed by atoms with Gasteiger partial charge < -0.3 is 19.6 Å². The van der Waals surface area contributed by atoms with Gasteiger partial charge in [-0.3, -0.25) is 0 Å². The smallest absolute Gasteiger partial charge is 0.238 e. The first kappa shape index (κ1) is 31.5. The zero-order chi connectivity index (χ0) is 24.1. The lowest BCUT2D eigenvalue weighted by Crippen LogP contribution is -2.46. The molecule has 2 aromatic carbocycles. The molecular formula is C25H39Cl2N3O4S. The molecule has 0 atom stereocenters. The summed E-state index contributed by atoms with van der Waals surface area (Å²) in [6.45, 7) is 7.42. The summed E-state index contributed by atoms with van der Waals surface area (Å²) in [7, 11) is -1.60. The van der Waals surface area contributed by atoms with Crippen molar-refractivity contribution in [2.45, 2.75) is 56.1 Å². The standard InChI is InChI=1S/C25H37N3O4S.2ClH/c1-20(2)32-23-8-6-22(7-9-23)27(3)17-13-25(29)14-18-28(19-15-25)16-12-21-4-10-24(11-5-21)33(26,30)31;;/h4-11,20,29H,12-19H2,1-3H3,(H2,26,30,31);2*1H. The van der Waals surface area contributed by atoms with Gasteiger partial charge in [-0.1, -0.05) is 12.1 Å². The number of anilines is 1. The lowest BCUT2D eigenvalue weighted by atomic mass is 9.88. The highest BCUT2D eigenvalue weighted by Gasteiger charge is 2.32. The van der Waals surface area contributed by atoms with Gasteiger partial charge in [0.25, 0.3) is 0 Å². The second kappa shape index (κ2) is 13.7. The van der Waals surface area contributed by atoms with Crippen molar-refractivity contribution in [2.75, 3.05) is 38.1 Å². The van der Waals surface area contributed by atoms with Crippen molar-refractivity contribution in [3.8, 4) is 5.75 Å². The van der Waals surface area contributed by atoms with Gasteiger partial charge in [0, 0.05) is 38.9 Å². The molecule has 0 spiro atoms. The van der Waals surface area contributed by atoms with E-state index in [0.29, 0.717) is 0 Å². The number of primary sulfonamides is 1. The van der Waals surface area contributed by atoms with Gasteiger partial charge in [-0.2, -0.15) is 0 Å². The van der Waals surface area contributed by atoms with Crippen LogP contribution in [0.1, 0.15) is 38.7 Å². The third-order valence-corrected chi connectivity index (χ3v) is 7.25. The molecule has 1 aliphatic rings. The maximum absolute atomic E-state index is 11.4. The monoisotopic (exact) mass is 547 g/mol. The van der Waals surface area contributed by atoms with E-state index in [9.17, 15) is 13.5 Å². The summed E-state index contributed by atoms with van der Waals surface area (Å²) in [6, 6.07) is 14.8. The minimum atomic E-state index is -3.65. The van der Waals surface area contributed by atoms with Crippen molar-refractivity contribution < 1.29 is 18.3 Å². The van der Waals surface area contributed by atoms with Crippen LogP contribution in [-0.2, 0) is 16.4 Å². The van der Waals surface area contributed by atoms with Gasteiger partial charge in [-0.25, -0.2) is 13.6 Å². The molecule has 0 bridgehead atoms. The van der Waals surface area contributed by atoms with E-state index < -0.39 is 15.6 Å². The summed E-state index contributed by atoms with van der Waals surface area (Å²) in [4.78, 5) is 4.67. The fraction of sp³-hybridized carbons (Fsp3) is 0.520. The van der Waals surface area contributed by atoms with Crippen molar-refractivity contribution in [3.63, 3.8) is 0 Å². The number of nitrogens with two attached hydrogens (primary N) is 1. The highest BCUT2D eigenvalue weighted by molar-refractivity contribution is 7.89. The van der Waals surface area contributed by atoms with E-state index in [2.05, 4.69) is 29.0 Å². The number of rotatable bonds is 10. The Balaban J connectivity index is 0.00000306. The van der Waals surface area contributed by atoms with Gasteiger partial charge in [-0.15, -0.1) is 24.8 Å². The van der Waals surface area contributed by atoms with Crippen molar-refractivity contribution in [1.29, 1.82) is 0 Å². The van der Waals surface area contributed by atoms with Crippen molar-refractivity contribution in [3.05, 3.63) is 54.1 Å². The van der Waals surface area contributed by atoms with Gasteiger partial charge in [-0.05, 0) is 81.5 Å². The molecule has 35 heavy (non-hydrogen) atoms. The van der Waals surface area contributed by atoms with Crippen LogP contribution in [0.3, 0.4) is 0 Å². The molecule has 0 aliphatic carbocycles. The molecule has 0 radical (unpaired) electrons. The molecule has 0 saturated carbocycles. The number of hydrogen-bond acceptors (Lipinski definition) is 6. The van der Waals surface area contributed by atoms with Crippen LogP contribution in [0.25, 0.3) is 0 Å². The van der Waals surface area contributed by atoms with E-state index in [1.807, 2.05) is 38.1 Å². The minimum absolute atomic E-state index is 0. The van der Waals surface area contributed by atoms with Gasteiger partial charge in [0.1, 0.15) is 5.75 Å². The van der Waals surface area contributed by atoms with Crippen LogP contribution in [-0.4, -0.2) is 63.4 Å². The summed E-state index contributed by atoms with van der Waals surface area (Å²) >= 11 is 0. The number of ether oxygens (including phenoxy) is 1. The first-order valence-electron chi connectivity index (χ1n) is 11.6. The van der Waals surface area contributed by atoms with E-state index in [1.54, 1.807) is 12.1 Å². The zero-order valence-electron chi connectivity index (χ0n) is 20.7. The van der Waals surface area contributed by atoms with Crippen LogP contribution in [0.5, 0.6) is 5.75 Å². The molecule has 0 aromatic heterocycles. The van der Waals surface area contributed by atoms with E-state index in [-0.39, 0.29) is 35.8 Å². The molecule has 1 heterocycles. The SMILES string of the molecule is CC(C)Oc1ccc(N(C)CCC2(O)CCN(CCc3ccc(S(N)(=O)=O)cc3)CC2)cc1.Cl.Cl. The number of nitrogens with zero attached hydrogens (tertiary/aromatic N) is 2. The summed E-state index contributed by atoms with van der Waals surface area (Å²) in [5.41, 5.74) is 1.55. The van der Waals surface area contributed by atoms with E-state index in [0.717, 1.165) is 68.9 Å². The maximum Gasteiger partial charge on any atom is 0.238 e. The Hall–Kier alpha value is -1.55. The lowest BCUT2D eigenvalue weighted by Gasteiger charge is -2.39. The summed E-state index contributed by atoms with van der Waals surface area (Å²) < 4.78 is 28.4. The quantitative estimate of drug-likeness (QED) is 0.468. The van der Waals surface area contributed by atoms with Crippen LogP contribution < -0.4 is 14.8 Å². The van der Waals surface area contributed by atoms with E-state index in [1.165, 1.54) is 0 Å². The van der Waals surface area contributed by atoms with Crippen LogP contribution in [0.2, 0.25) is 0 Å². The van der Waals surface area contributed by atoms with Gasteiger partial charge >= 0.3 is 0 Å².